The van der Waals surface area contributed by atoms with Crippen LogP contribution in [-0.2, 0) is 9.59 Å². The van der Waals surface area contributed by atoms with E-state index >= 15 is 0 Å². The van der Waals surface area contributed by atoms with E-state index < -0.39 is 5.97 Å². The number of hydrogen-bond acceptors (Lipinski definition) is 3. The molecule has 0 rings (SSSR count). The highest BCUT2D eigenvalue weighted by Crippen LogP contribution is 2.10. The molecule has 0 aliphatic carbocycles. The Morgan fingerprint density at radius 3 is 2.50 bits per heavy atom. The van der Waals surface area contributed by atoms with Crippen molar-refractivity contribution in [2.75, 3.05) is 0 Å². The number of hydrogen-bond donors (Lipinski definition) is 2. The van der Waals surface area contributed by atoms with Crippen LogP contribution in [0.15, 0.2) is 16.8 Å². The molecule has 0 heterocycles. The lowest BCUT2D eigenvalue weighted by atomic mass is 10.0. The summed E-state index contributed by atoms with van der Waals surface area (Å²) in [5.74, 6) is -0.344. The van der Waals surface area contributed by atoms with Gasteiger partial charge in [-0.3, -0.25) is 9.59 Å². The molecule has 126 valence electrons. The Kier molecular flexibility index (Phi) is 12.1. The summed E-state index contributed by atoms with van der Waals surface area (Å²) in [5, 5.41) is 12.4. The molecule has 0 aromatic heterocycles. The van der Waals surface area contributed by atoms with Gasteiger partial charge in [-0.15, -0.1) is 0 Å². The number of amides is 1. The van der Waals surface area contributed by atoms with Gasteiger partial charge in [0.05, 0.1) is 0 Å². The van der Waals surface area contributed by atoms with Crippen LogP contribution in [0.4, 0.5) is 0 Å². The van der Waals surface area contributed by atoms with Crippen LogP contribution in [0.25, 0.3) is 0 Å². The summed E-state index contributed by atoms with van der Waals surface area (Å²) in [5.41, 5.74) is 3.86. The molecule has 0 aromatic rings. The number of nitrogens with one attached hydrogen (secondary N) is 1. The molecule has 1 atom stereocenters. The molecule has 1 amide bonds. The fraction of sp³-hybridized carbons (Fsp3) is 0.706. The lowest BCUT2D eigenvalue weighted by Crippen LogP contribution is -2.17. The highest BCUT2D eigenvalue weighted by atomic mass is 16.4. The number of carboxylic acids is 1. The minimum Gasteiger partial charge on any atom is -0.481 e. The number of rotatable bonds is 12. The van der Waals surface area contributed by atoms with Gasteiger partial charge < -0.3 is 5.11 Å². The van der Waals surface area contributed by atoms with Crippen LogP contribution in [0.3, 0.4) is 0 Å². The molecule has 0 spiro atoms. The molecule has 5 heteroatoms. The van der Waals surface area contributed by atoms with E-state index in [1.165, 1.54) is 5.57 Å². The van der Waals surface area contributed by atoms with Gasteiger partial charge in [0.25, 0.3) is 0 Å². The largest absolute Gasteiger partial charge is 0.481 e. The van der Waals surface area contributed by atoms with E-state index in [0.717, 1.165) is 25.7 Å². The summed E-state index contributed by atoms with van der Waals surface area (Å²) in [4.78, 5) is 21.8. The summed E-state index contributed by atoms with van der Waals surface area (Å²) >= 11 is 0. The van der Waals surface area contributed by atoms with Crippen LogP contribution >= 0.6 is 0 Å². The fourth-order valence-electron chi connectivity index (χ4n) is 1.92. The number of carboxylic acid groups (broad SMARTS) is 1. The molecule has 0 radical (unpaired) electrons. The van der Waals surface area contributed by atoms with Crippen LogP contribution in [0.2, 0.25) is 0 Å². The lowest BCUT2D eigenvalue weighted by Gasteiger charge is -2.06. The number of allylic oxidation sites excluding steroid dienone is 2. The highest BCUT2D eigenvalue weighted by molar-refractivity contribution is 5.76. The van der Waals surface area contributed by atoms with Gasteiger partial charge in [0.1, 0.15) is 0 Å². The minimum absolute atomic E-state index is 0.108. The Morgan fingerprint density at radius 1 is 1.18 bits per heavy atom. The molecule has 0 saturated heterocycles. The van der Waals surface area contributed by atoms with Crippen molar-refractivity contribution in [3.63, 3.8) is 0 Å². The molecule has 0 aliphatic heterocycles. The third-order valence-corrected chi connectivity index (χ3v) is 3.29. The standard InChI is InChI=1S/C17H30N2O3/c1-14(2)8-7-9-15(3)12-13-18-19-16(20)10-5-4-6-11-17(21)22/h8,13,15H,4-7,9-12H2,1-3H3,(H,19,20)(H,21,22)/b18-13+/t15-/m0/s1. The monoisotopic (exact) mass is 310 g/mol. The van der Waals surface area contributed by atoms with Gasteiger partial charge in [-0.2, -0.15) is 5.10 Å². The first kappa shape index (κ1) is 20.3. The van der Waals surface area contributed by atoms with Gasteiger partial charge in [-0.05, 0) is 51.9 Å². The number of carbonyl (C=O) groups excluding carboxylic acids is 1. The van der Waals surface area contributed by atoms with Gasteiger partial charge >= 0.3 is 5.97 Å². The van der Waals surface area contributed by atoms with Crippen molar-refractivity contribution >= 4 is 18.1 Å². The van der Waals surface area contributed by atoms with Crippen LogP contribution in [-0.4, -0.2) is 23.2 Å². The molecule has 0 bridgehead atoms. The zero-order valence-corrected chi connectivity index (χ0v) is 14.1. The van der Waals surface area contributed by atoms with E-state index in [2.05, 4.69) is 37.4 Å². The summed E-state index contributed by atoms with van der Waals surface area (Å²) < 4.78 is 0. The maximum absolute atomic E-state index is 11.5. The molecule has 0 unspecified atom stereocenters. The molecular weight excluding hydrogens is 280 g/mol. The lowest BCUT2D eigenvalue weighted by molar-refractivity contribution is -0.137. The average Bonchev–Trinajstić information content (AvgIpc) is 2.42. The van der Waals surface area contributed by atoms with E-state index in [0.29, 0.717) is 25.2 Å². The smallest absolute Gasteiger partial charge is 0.303 e. The SMILES string of the molecule is CC(C)=CCC[C@H](C)C/C=N/NC(=O)CCCCCC(=O)O. The number of carbonyl (C=O) groups is 2. The Bertz CT molecular complexity index is 385. The number of nitrogens with zero attached hydrogens (tertiary/aromatic N) is 1. The maximum atomic E-state index is 11.5. The van der Waals surface area contributed by atoms with E-state index in [9.17, 15) is 9.59 Å². The first-order valence-corrected chi connectivity index (χ1v) is 8.07. The predicted octanol–water partition coefficient (Wildman–Crippen LogP) is 3.90. The summed E-state index contributed by atoms with van der Waals surface area (Å²) in [7, 11) is 0. The van der Waals surface area contributed by atoms with Crippen molar-refractivity contribution in [1.82, 2.24) is 5.43 Å². The third-order valence-electron chi connectivity index (χ3n) is 3.29. The molecular formula is C17H30N2O3. The number of aliphatic carboxylic acids is 1. The Labute approximate surface area is 133 Å². The van der Waals surface area contributed by atoms with Crippen LogP contribution in [0.5, 0.6) is 0 Å². The van der Waals surface area contributed by atoms with E-state index in [-0.39, 0.29) is 12.3 Å². The van der Waals surface area contributed by atoms with Gasteiger partial charge in [-0.1, -0.05) is 25.0 Å². The molecule has 2 N–H and O–H groups in total. The van der Waals surface area contributed by atoms with Crippen molar-refractivity contribution in [3.8, 4) is 0 Å². The quantitative estimate of drug-likeness (QED) is 0.248. The zero-order chi connectivity index (χ0) is 16.8. The molecule has 0 aliphatic rings. The third kappa shape index (κ3) is 14.8. The molecule has 0 aromatic carbocycles. The second-order valence-electron chi connectivity index (χ2n) is 6.00. The van der Waals surface area contributed by atoms with Gasteiger partial charge in [0, 0.05) is 19.1 Å². The minimum atomic E-state index is -0.784. The van der Waals surface area contributed by atoms with Crippen molar-refractivity contribution in [2.24, 2.45) is 11.0 Å². The van der Waals surface area contributed by atoms with Crippen LogP contribution in [0.1, 0.15) is 72.1 Å². The summed E-state index contributed by atoms with van der Waals surface area (Å²) in [6.07, 6.45) is 9.70. The molecule has 5 nitrogen and oxygen atoms in total. The van der Waals surface area contributed by atoms with Crippen molar-refractivity contribution in [1.29, 1.82) is 0 Å². The average molecular weight is 310 g/mol. The van der Waals surface area contributed by atoms with E-state index in [1.807, 2.05) is 0 Å². The molecule has 0 saturated carbocycles. The van der Waals surface area contributed by atoms with Crippen LogP contribution in [0, 0.1) is 5.92 Å². The van der Waals surface area contributed by atoms with Gasteiger partial charge in [0.2, 0.25) is 5.91 Å². The second-order valence-corrected chi connectivity index (χ2v) is 6.00. The summed E-state index contributed by atoms with van der Waals surface area (Å²) in [6.45, 7) is 6.38. The van der Waals surface area contributed by atoms with Gasteiger partial charge in [-0.25, -0.2) is 5.43 Å². The molecule has 0 fully saturated rings. The number of unbranched alkanes of at least 4 members (excludes halogenated alkanes) is 2. The molecule has 22 heavy (non-hydrogen) atoms. The first-order chi connectivity index (χ1) is 10.4. The Morgan fingerprint density at radius 2 is 1.86 bits per heavy atom. The van der Waals surface area contributed by atoms with Crippen LogP contribution < -0.4 is 5.43 Å². The maximum Gasteiger partial charge on any atom is 0.303 e. The fourth-order valence-corrected chi connectivity index (χ4v) is 1.92. The van der Waals surface area contributed by atoms with E-state index in [4.69, 9.17) is 5.11 Å². The Hall–Kier alpha value is -1.65. The summed E-state index contributed by atoms with van der Waals surface area (Å²) in [6, 6.07) is 0. The van der Waals surface area contributed by atoms with Crippen molar-refractivity contribution in [2.45, 2.75) is 72.1 Å². The second kappa shape index (κ2) is 13.0. The number of hydrazone groups is 1. The first-order valence-electron chi connectivity index (χ1n) is 8.07. The highest BCUT2D eigenvalue weighted by Gasteiger charge is 2.02. The predicted molar refractivity (Wildman–Crippen MR) is 89.8 cm³/mol. The van der Waals surface area contributed by atoms with E-state index in [1.54, 1.807) is 6.21 Å². The Balaban J connectivity index is 3.60. The zero-order valence-electron chi connectivity index (χ0n) is 14.1. The normalized spacial score (nSPS) is 12.1. The van der Waals surface area contributed by atoms with Crippen molar-refractivity contribution < 1.29 is 14.7 Å². The topological polar surface area (TPSA) is 78.8 Å². The van der Waals surface area contributed by atoms with Crippen molar-refractivity contribution in [3.05, 3.63) is 11.6 Å². The van der Waals surface area contributed by atoms with Gasteiger partial charge in [0.15, 0.2) is 0 Å².